The quantitative estimate of drug-likeness (QED) is 0.786. The lowest BCUT2D eigenvalue weighted by Crippen LogP contribution is -2.45. The molecule has 2 atom stereocenters. The molecule has 116 valence electrons. The molecule has 2 saturated heterocycles. The molecule has 0 spiro atoms. The molecule has 2 fully saturated rings. The van der Waals surface area contributed by atoms with Crippen LogP contribution in [-0.2, 0) is 9.84 Å². The number of hydrogen-bond acceptors (Lipinski definition) is 5. The van der Waals surface area contributed by atoms with Crippen molar-refractivity contribution in [2.75, 3.05) is 0 Å². The number of hydrogen-bond donors (Lipinski definition) is 0. The number of rotatable bonds is 2. The van der Waals surface area contributed by atoms with Crippen LogP contribution in [0, 0.1) is 5.92 Å². The van der Waals surface area contributed by atoms with Crippen LogP contribution in [-0.4, -0.2) is 39.1 Å². The van der Waals surface area contributed by atoms with Crippen molar-refractivity contribution >= 4 is 21.3 Å². The summed E-state index contributed by atoms with van der Waals surface area (Å²) in [5, 5.41) is -0.676. The smallest absolute Gasteiger partial charge is 0.184 e. The molecule has 2 aromatic heterocycles. The SMILES string of the molecule is O=C(c1cnc2cnccn12)C1CC2CCCC(C1)S2(=O)=O. The van der Waals surface area contributed by atoms with Gasteiger partial charge in [-0.2, -0.15) is 0 Å². The fourth-order valence-corrected chi connectivity index (χ4v) is 6.39. The standard InChI is InChI=1S/C15H17N3O3S/c19-15(13-8-17-14-9-16-4-5-18(13)14)10-6-11-2-1-3-12(7-10)22(11,20)21/h4-5,8-12H,1-3,6-7H2. The number of imidazole rings is 1. The molecular formula is C15H17N3O3S. The van der Waals surface area contributed by atoms with E-state index in [2.05, 4.69) is 9.97 Å². The lowest BCUT2D eigenvalue weighted by Gasteiger charge is -2.37. The van der Waals surface area contributed by atoms with Crippen LogP contribution in [0.1, 0.15) is 42.6 Å². The van der Waals surface area contributed by atoms with Crippen LogP contribution in [0.15, 0.2) is 24.8 Å². The third kappa shape index (κ3) is 1.99. The Morgan fingerprint density at radius 1 is 1.18 bits per heavy atom. The summed E-state index contributed by atoms with van der Waals surface area (Å²) in [5.74, 6) is -0.211. The van der Waals surface area contributed by atoms with Gasteiger partial charge in [-0.25, -0.2) is 13.4 Å². The molecule has 2 bridgehead atoms. The summed E-state index contributed by atoms with van der Waals surface area (Å²) in [4.78, 5) is 21.0. The average molecular weight is 319 g/mol. The van der Waals surface area contributed by atoms with E-state index in [-0.39, 0.29) is 22.2 Å². The van der Waals surface area contributed by atoms with E-state index < -0.39 is 9.84 Å². The highest BCUT2D eigenvalue weighted by Gasteiger charge is 2.46. The number of sulfone groups is 1. The van der Waals surface area contributed by atoms with Gasteiger partial charge in [0.05, 0.1) is 22.9 Å². The number of nitrogens with zero attached hydrogens (tertiary/aromatic N) is 3. The van der Waals surface area contributed by atoms with Gasteiger partial charge < -0.3 is 0 Å². The van der Waals surface area contributed by atoms with Crippen molar-refractivity contribution < 1.29 is 13.2 Å². The molecular weight excluding hydrogens is 302 g/mol. The van der Waals surface area contributed by atoms with Gasteiger partial charge in [0.1, 0.15) is 5.69 Å². The molecule has 22 heavy (non-hydrogen) atoms. The Labute approximate surface area is 128 Å². The number of ketones is 1. The molecule has 0 amide bonds. The van der Waals surface area contributed by atoms with Crippen molar-refractivity contribution in [3.63, 3.8) is 0 Å². The van der Waals surface area contributed by atoms with Gasteiger partial charge in [-0.3, -0.25) is 14.2 Å². The minimum Gasteiger partial charge on any atom is -0.294 e. The fraction of sp³-hybridized carbons (Fsp3) is 0.533. The van der Waals surface area contributed by atoms with Crippen LogP contribution < -0.4 is 0 Å². The highest BCUT2D eigenvalue weighted by Crippen LogP contribution is 2.40. The van der Waals surface area contributed by atoms with Gasteiger partial charge in [0, 0.05) is 18.3 Å². The predicted octanol–water partition coefficient (Wildman–Crippen LogP) is 1.66. The van der Waals surface area contributed by atoms with Crippen LogP contribution >= 0.6 is 0 Å². The third-order valence-corrected chi connectivity index (χ3v) is 7.73. The van der Waals surface area contributed by atoms with Crippen LogP contribution in [0.25, 0.3) is 5.65 Å². The van der Waals surface area contributed by atoms with Gasteiger partial charge in [-0.05, 0) is 25.7 Å². The zero-order valence-electron chi connectivity index (χ0n) is 12.1. The summed E-state index contributed by atoms with van der Waals surface area (Å²) in [6.45, 7) is 0. The normalized spacial score (nSPS) is 30.3. The van der Waals surface area contributed by atoms with Gasteiger partial charge in [0.2, 0.25) is 0 Å². The molecule has 7 heteroatoms. The molecule has 2 aliphatic rings. The Morgan fingerprint density at radius 2 is 1.91 bits per heavy atom. The molecule has 4 rings (SSSR count). The second kappa shape index (κ2) is 4.87. The van der Waals surface area contributed by atoms with E-state index in [1.807, 2.05) is 0 Å². The molecule has 0 aromatic carbocycles. The van der Waals surface area contributed by atoms with Crippen LogP contribution in [0.2, 0.25) is 0 Å². The molecule has 2 unspecified atom stereocenters. The first kappa shape index (κ1) is 13.9. The first-order valence-corrected chi connectivity index (χ1v) is 9.22. The second-order valence-corrected chi connectivity index (χ2v) is 8.76. The predicted molar refractivity (Wildman–Crippen MR) is 80.4 cm³/mol. The van der Waals surface area contributed by atoms with Gasteiger partial charge in [-0.15, -0.1) is 0 Å². The number of carbonyl (C=O) groups is 1. The van der Waals surface area contributed by atoms with Crippen molar-refractivity contribution in [2.45, 2.75) is 42.6 Å². The highest BCUT2D eigenvalue weighted by molar-refractivity contribution is 7.92. The fourth-order valence-electron chi connectivity index (χ4n) is 3.86. The zero-order valence-corrected chi connectivity index (χ0v) is 12.9. The molecule has 2 aromatic rings. The molecule has 0 aliphatic carbocycles. The summed E-state index contributed by atoms with van der Waals surface area (Å²) in [5.41, 5.74) is 1.16. The summed E-state index contributed by atoms with van der Waals surface area (Å²) >= 11 is 0. The number of aromatic nitrogens is 3. The van der Waals surface area contributed by atoms with Gasteiger partial charge >= 0.3 is 0 Å². The minimum atomic E-state index is -3.03. The monoisotopic (exact) mass is 319 g/mol. The molecule has 0 saturated carbocycles. The number of Topliss-reactive ketones (excluding diaryl/α,β-unsaturated/α-hetero) is 1. The van der Waals surface area contributed by atoms with Crippen LogP contribution in [0.3, 0.4) is 0 Å². The lowest BCUT2D eigenvalue weighted by molar-refractivity contribution is 0.0888. The summed E-state index contributed by atoms with van der Waals surface area (Å²) in [7, 11) is -3.03. The Bertz CT molecular complexity index is 823. The summed E-state index contributed by atoms with van der Waals surface area (Å²) < 4.78 is 26.4. The molecule has 2 aliphatic heterocycles. The van der Waals surface area contributed by atoms with Crippen molar-refractivity contribution in [2.24, 2.45) is 5.92 Å². The molecule has 6 nitrogen and oxygen atoms in total. The molecule has 0 N–H and O–H groups in total. The topological polar surface area (TPSA) is 81.4 Å². The van der Waals surface area contributed by atoms with Crippen molar-refractivity contribution in [3.05, 3.63) is 30.5 Å². The first-order chi connectivity index (χ1) is 10.6. The number of fused-ring (bicyclic) bond motifs is 3. The molecule has 4 heterocycles. The maximum Gasteiger partial charge on any atom is 0.184 e. The van der Waals surface area contributed by atoms with E-state index in [1.54, 1.807) is 29.2 Å². The summed E-state index contributed by atoms with van der Waals surface area (Å²) in [6, 6.07) is 0. The Balaban J connectivity index is 1.67. The maximum atomic E-state index is 12.8. The maximum absolute atomic E-state index is 12.8. The van der Waals surface area contributed by atoms with E-state index in [0.29, 0.717) is 37.0 Å². The van der Waals surface area contributed by atoms with Crippen LogP contribution in [0.4, 0.5) is 0 Å². The van der Waals surface area contributed by atoms with Crippen LogP contribution in [0.5, 0.6) is 0 Å². The van der Waals surface area contributed by atoms with E-state index in [9.17, 15) is 13.2 Å². The van der Waals surface area contributed by atoms with E-state index in [0.717, 1.165) is 6.42 Å². The van der Waals surface area contributed by atoms with Crippen molar-refractivity contribution in [1.29, 1.82) is 0 Å². The third-order valence-electron chi connectivity index (χ3n) is 5.02. The lowest BCUT2D eigenvalue weighted by atomic mass is 9.86. The second-order valence-electron chi connectivity index (χ2n) is 6.24. The summed E-state index contributed by atoms with van der Waals surface area (Å²) in [6.07, 6.45) is 9.76. The Morgan fingerprint density at radius 3 is 2.64 bits per heavy atom. The minimum absolute atomic E-state index is 0.00509. The number of carbonyl (C=O) groups excluding carboxylic acids is 1. The molecule has 0 radical (unpaired) electrons. The average Bonchev–Trinajstić information content (AvgIpc) is 2.89. The Hall–Kier alpha value is -1.76. The van der Waals surface area contributed by atoms with E-state index in [4.69, 9.17) is 0 Å². The van der Waals surface area contributed by atoms with Crippen molar-refractivity contribution in [1.82, 2.24) is 14.4 Å². The largest absolute Gasteiger partial charge is 0.294 e. The Kier molecular flexibility index (Phi) is 3.07. The van der Waals surface area contributed by atoms with Gasteiger partial charge in [0.15, 0.2) is 21.3 Å². The van der Waals surface area contributed by atoms with Gasteiger partial charge in [0.25, 0.3) is 0 Å². The first-order valence-electron chi connectivity index (χ1n) is 7.61. The van der Waals surface area contributed by atoms with E-state index >= 15 is 0 Å². The highest BCUT2D eigenvalue weighted by atomic mass is 32.2. The van der Waals surface area contributed by atoms with Crippen molar-refractivity contribution in [3.8, 4) is 0 Å². The van der Waals surface area contributed by atoms with E-state index in [1.165, 1.54) is 0 Å². The van der Waals surface area contributed by atoms with Gasteiger partial charge in [-0.1, -0.05) is 6.42 Å². The zero-order chi connectivity index (χ0) is 15.3.